The maximum atomic E-state index is 11.7. The summed E-state index contributed by atoms with van der Waals surface area (Å²) in [6.07, 6.45) is 2.26. The predicted octanol–water partition coefficient (Wildman–Crippen LogP) is 2.21. The Morgan fingerprint density at radius 1 is 1.53 bits per heavy atom. The van der Waals surface area contributed by atoms with Gasteiger partial charge in [0.25, 0.3) is 0 Å². The van der Waals surface area contributed by atoms with Crippen LogP contribution in [0.3, 0.4) is 0 Å². The number of thioether (sulfide) groups is 1. The third kappa shape index (κ3) is 3.28. The summed E-state index contributed by atoms with van der Waals surface area (Å²) in [5, 5.41) is 1.34. The SMILES string of the molecule is COC(=O)C1(N)CCC(Sc2cc(C)cc(C)n2)C1. The fourth-order valence-electron chi connectivity index (χ4n) is 2.55. The third-order valence-corrected chi connectivity index (χ3v) is 4.64. The van der Waals surface area contributed by atoms with E-state index in [2.05, 4.69) is 24.0 Å². The molecule has 0 spiro atoms. The van der Waals surface area contributed by atoms with E-state index < -0.39 is 5.54 Å². The van der Waals surface area contributed by atoms with Crippen LogP contribution < -0.4 is 5.73 Å². The van der Waals surface area contributed by atoms with Crippen molar-refractivity contribution < 1.29 is 9.53 Å². The minimum Gasteiger partial charge on any atom is -0.468 e. The van der Waals surface area contributed by atoms with Crippen molar-refractivity contribution in [3.05, 3.63) is 23.4 Å². The van der Waals surface area contributed by atoms with Gasteiger partial charge in [-0.2, -0.15) is 0 Å². The second-order valence-corrected chi connectivity index (χ2v) is 6.58. The van der Waals surface area contributed by atoms with Crippen LogP contribution in [-0.2, 0) is 9.53 Å². The van der Waals surface area contributed by atoms with Crippen LogP contribution in [0.1, 0.15) is 30.5 Å². The molecule has 2 atom stereocenters. The van der Waals surface area contributed by atoms with Crippen LogP contribution in [0.15, 0.2) is 17.2 Å². The Morgan fingerprint density at radius 2 is 2.26 bits per heavy atom. The van der Waals surface area contributed by atoms with E-state index in [1.807, 2.05) is 6.92 Å². The Labute approximate surface area is 118 Å². The summed E-state index contributed by atoms with van der Waals surface area (Å²) in [6.45, 7) is 4.06. The molecule has 104 valence electrons. The van der Waals surface area contributed by atoms with Gasteiger partial charge in [-0.05, 0) is 50.8 Å². The Morgan fingerprint density at radius 3 is 2.89 bits per heavy atom. The lowest BCUT2D eigenvalue weighted by atomic mass is 10.00. The first kappa shape index (κ1) is 14.3. The van der Waals surface area contributed by atoms with Gasteiger partial charge in [0.05, 0.1) is 12.1 Å². The highest BCUT2D eigenvalue weighted by molar-refractivity contribution is 7.99. The first-order valence-corrected chi connectivity index (χ1v) is 7.30. The molecule has 0 radical (unpaired) electrons. The zero-order valence-corrected chi connectivity index (χ0v) is 12.4. The van der Waals surface area contributed by atoms with Crippen molar-refractivity contribution in [2.45, 2.75) is 48.9 Å². The van der Waals surface area contributed by atoms with Crippen LogP contribution in [0.25, 0.3) is 0 Å². The van der Waals surface area contributed by atoms with E-state index in [9.17, 15) is 4.79 Å². The molecule has 1 aliphatic carbocycles. The minimum absolute atomic E-state index is 0.302. The molecule has 2 rings (SSSR count). The Hall–Kier alpha value is -1.07. The molecule has 19 heavy (non-hydrogen) atoms. The molecule has 1 saturated carbocycles. The molecule has 5 heteroatoms. The van der Waals surface area contributed by atoms with E-state index in [-0.39, 0.29) is 5.97 Å². The number of carbonyl (C=O) groups is 1. The highest BCUT2D eigenvalue weighted by Gasteiger charge is 2.43. The number of methoxy groups -OCH3 is 1. The fraction of sp³-hybridized carbons (Fsp3) is 0.571. The van der Waals surface area contributed by atoms with Gasteiger partial charge < -0.3 is 10.5 Å². The monoisotopic (exact) mass is 280 g/mol. The van der Waals surface area contributed by atoms with Gasteiger partial charge in [-0.1, -0.05) is 0 Å². The normalized spacial score (nSPS) is 26.4. The van der Waals surface area contributed by atoms with Crippen molar-refractivity contribution >= 4 is 17.7 Å². The van der Waals surface area contributed by atoms with Crippen LogP contribution in [0.2, 0.25) is 0 Å². The lowest BCUT2D eigenvalue weighted by Gasteiger charge is -2.20. The van der Waals surface area contributed by atoms with Crippen molar-refractivity contribution in [1.29, 1.82) is 0 Å². The van der Waals surface area contributed by atoms with Gasteiger partial charge in [0, 0.05) is 10.9 Å². The van der Waals surface area contributed by atoms with E-state index >= 15 is 0 Å². The molecule has 0 bridgehead atoms. The standard InChI is InChI=1S/C14H20N2O2S/c1-9-6-10(2)16-12(7-9)19-11-4-5-14(15,8-11)13(17)18-3/h6-7,11H,4-5,8,15H2,1-3H3. The molecule has 4 nitrogen and oxygen atoms in total. The van der Waals surface area contributed by atoms with Crippen LogP contribution in [0.5, 0.6) is 0 Å². The first-order valence-electron chi connectivity index (χ1n) is 6.42. The molecular formula is C14H20N2O2S. The molecule has 0 aromatic carbocycles. The average Bonchev–Trinajstić information content (AvgIpc) is 2.69. The van der Waals surface area contributed by atoms with Gasteiger partial charge in [-0.15, -0.1) is 11.8 Å². The second kappa shape index (κ2) is 5.51. The molecule has 1 aromatic rings. The number of aromatic nitrogens is 1. The van der Waals surface area contributed by atoms with Crippen molar-refractivity contribution in [3.63, 3.8) is 0 Å². The molecule has 2 N–H and O–H groups in total. The summed E-state index contributed by atoms with van der Waals surface area (Å²) in [6, 6.07) is 4.13. The first-order chi connectivity index (χ1) is 8.93. The van der Waals surface area contributed by atoms with Gasteiger partial charge in [-0.25, -0.2) is 4.98 Å². The third-order valence-electron chi connectivity index (χ3n) is 3.46. The largest absolute Gasteiger partial charge is 0.468 e. The summed E-state index contributed by atoms with van der Waals surface area (Å²) in [7, 11) is 1.39. The number of hydrogen-bond acceptors (Lipinski definition) is 5. The van der Waals surface area contributed by atoms with E-state index in [0.29, 0.717) is 18.1 Å². The summed E-state index contributed by atoms with van der Waals surface area (Å²) >= 11 is 1.71. The number of rotatable bonds is 3. The van der Waals surface area contributed by atoms with Crippen molar-refractivity contribution in [2.24, 2.45) is 5.73 Å². The number of hydrogen-bond donors (Lipinski definition) is 1. The summed E-state index contributed by atoms with van der Waals surface area (Å²) in [4.78, 5) is 16.2. The van der Waals surface area contributed by atoms with Crippen molar-refractivity contribution in [3.8, 4) is 0 Å². The predicted molar refractivity (Wildman–Crippen MR) is 76.1 cm³/mol. The lowest BCUT2D eigenvalue weighted by Crippen LogP contribution is -2.46. The van der Waals surface area contributed by atoms with E-state index in [1.165, 1.54) is 12.7 Å². The zero-order chi connectivity index (χ0) is 14.0. The molecule has 1 aliphatic rings. The van der Waals surface area contributed by atoms with E-state index in [1.54, 1.807) is 11.8 Å². The number of aryl methyl sites for hydroxylation is 2. The Balaban J connectivity index is 2.04. The molecule has 0 saturated heterocycles. The molecule has 0 aliphatic heterocycles. The lowest BCUT2D eigenvalue weighted by molar-refractivity contribution is -0.146. The van der Waals surface area contributed by atoms with Gasteiger partial charge in [-0.3, -0.25) is 4.79 Å². The maximum absolute atomic E-state index is 11.7. The van der Waals surface area contributed by atoms with Crippen LogP contribution in [-0.4, -0.2) is 28.9 Å². The number of esters is 1. The van der Waals surface area contributed by atoms with E-state index in [0.717, 1.165) is 17.1 Å². The van der Waals surface area contributed by atoms with Gasteiger partial charge in [0.2, 0.25) is 0 Å². The van der Waals surface area contributed by atoms with Gasteiger partial charge >= 0.3 is 5.97 Å². The van der Waals surface area contributed by atoms with Crippen LogP contribution in [0.4, 0.5) is 0 Å². The summed E-state index contributed by atoms with van der Waals surface area (Å²) in [5.74, 6) is -0.302. The van der Waals surface area contributed by atoms with Crippen molar-refractivity contribution in [1.82, 2.24) is 4.98 Å². The Kier molecular flexibility index (Phi) is 4.16. The smallest absolute Gasteiger partial charge is 0.325 e. The quantitative estimate of drug-likeness (QED) is 0.860. The molecular weight excluding hydrogens is 260 g/mol. The number of nitrogens with zero attached hydrogens (tertiary/aromatic N) is 1. The van der Waals surface area contributed by atoms with Gasteiger partial charge in [0.1, 0.15) is 5.54 Å². The summed E-state index contributed by atoms with van der Waals surface area (Å²) in [5.41, 5.74) is 7.52. The Bertz CT molecular complexity index is 472. The van der Waals surface area contributed by atoms with Crippen LogP contribution in [0, 0.1) is 13.8 Å². The number of ether oxygens (including phenoxy) is 1. The van der Waals surface area contributed by atoms with Crippen molar-refractivity contribution in [2.75, 3.05) is 7.11 Å². The number of carbonyl (C=O) groups excluding carboxylic acids is 1. The molecule has 1 heterocycles. The highest BCUT2D eigenvalue weighted by Crippen LogP contribution is 2.39. The van der Waals surface area contributed by atoms with Crippen LogP contribution >= 0.6 is 11.8 Å². The minimum atomic E-state index is -0.814. The molecule has 1 fully saturated rings. The fourth-order valence-corrected chi connectivity index (χ4v) is 3.96. The average molecular weight is 280 g/mol. The maximum Gasteiger partial charge on any atom is 0.325 e. The number of pyridine rings is 1. The van der Waals surface area contributed by atoms with E-state index in [4.69, 9.17) is 10.5 Å². The van der Waals surface area contributed by atoms with Gasteiger partial charge in [0.15, 0.2) is 0 Å². The second-order valence-electron chi connectivity index (χ2n) is 5.25. The molecule has 1 aromatic heterocycles. The highest BCUT2D eigenvalue weighted by atomic mass is 32.2. The summed E-state index contributed by atoms with van der Waals surface area (Å²) < 4.78 is 4.79. The number of nitrogens with two attached hydrogens (primary N) is 1. The molecule has 2 unspecified atom stereocenters. The molecule has 0 amide bonds. The topological polar surface area (TPSA) is 65.2 Å². The zero-order valence-electron chi connectivity index (χ0n) is 11.6.